The van der Waals surface area contributed by atoms with Gasteiger partial charge in [0.15, 0.2) is 0 Å². The average Bonchev–Trinajstić information content (AvgIpc) is 3.21. The van der Waals surface area contributed by atoms with E-state index in [4.69, 9.17) is 19.6 Å². The molecule has 124 valence electrons. The van der Waals surface area contributed by atoms with E-state index in [0.29, 0.717) is 17.7 Å². The summed E-state index contributed by atoms with van der Waals surface area (Å²) in [5.41, 5.74) is 1.87. The van der Waals surface area contributed by atoms with Crippen LogP contribution in [0.25, 0.3) is 0 Å². The lowest BCUT2D eigenvalue weighted by Crippen LogP contribution is -2.32. The fraction of sp³-hybridized carbons (Fsp3) is 0.412. The van der Waals surface area contributed by atoms with Crippen LogP contribution in [-0.2, 0) is 23.9 Å². The van der Waals surface area contributed by atoms with Crippen LogP contribution in [0.3, 0.4) is 0 Å². The van der Waals surface area contributed by atoms with Gasteiger partial charge in [-0.25, -0.2) is 0 Å². The Labute approximate surface area is 138 Å². The predicted molar refractivity (Wildman–Crippen MR) is 81.7 cm³/mol. The second-order valence-electron chi connectivity index (χ2n) is 5.76. The summed E-state index contributed by atoms with van der Waals surface area (Å²) in [5, 5.41) is 13.0. The molecule has 0 radical (unpaired) electrons. The number of methoxy groups -OCH3 is 2. The van der Waals surface area contributed by atoms with Crippen molar-refractivity contribution in [1.29, 1.82) is 5.26 Å². The van der Waals surface area contributed by atoms with Crippen LogP contribution in [-0.4, -0.2) is 38.0 Å². The fourth-order valence-electron chi connectivity index (χ4n) is 3.43. The van der Waals surface area contributed by atoms with Crippen LogP contribution in [0.1, 0.15) is 17.5 Å². The Morgan fingerprint density at radius 1 is 1.17 bits per heavy atom. The van der Waals surface area contributed by atoms with Crippen LogP contribution in [0.2, 0.25) is 0 Å². The van der Waals surface area contributed by atoms with Crippen molar-refractivity contribution in [3.8, 4) is 6.07 Å². The minimum absolute atomic E-state index is 0.296. The van der Waals surface area contributed by atoms with Crippen LogP contribution in [0.15, 0.2) is 29.4 Å². The van der Waals surface area contributed by atoms with Gasteiger partial charge in [0.1, 0.15) is 6.10 Å². The number of ether oxygens (including phenoxy) is 2. The number of carbonyl (C=O) groups is 2. The third-order valence-electron chi connectivity index (χ3n) is 4.60. The number of carbonyl (C=O) groups excluding carboxylic acids is 2. The van der Waals surface area contributed by atoms with Gasteiger partial charge in [-0.1, -0.05) is 17.3 Å². The Kier molecular flexibility index (Phi) is 4.21. The average molecular weight is 328 g/mol. The van der Waals surface area contributed by atoms with Crippen molar-refractivity contribution in [3.63, 3.8) is 0 Å². The van der Waals surface area contributed by atoms with Gasteiger partial charge in [-0.2, -0.15) is 5.26 Å². The first-order valence-electron chi connectivity index (χ1n) is 7.50. The predicted octanol–water partition coefficient (Wildman–Crippen LogP) is 1.26. The quantitative estimate of drug-likeness (QED) is 0.775. The molecule has 7 nitrogen and oxygen atoms in total. The summed E-state index contributed by atoms with van der Waals surface area (Å²) in [6, 6.07) is 8.90. The van der Waals surface area contributed by atoms with Crippen LogP contribution >= 0.6 is 0 Å². The molecule has 0 N–H and O–H groups in total. The number of fused-ring (bicyclic) bond motifs is 1. The van der Waals surface area contributed by atoms with Gasteiger partial charge in [-0.15, -0.1) is 0 Å². The normalized spacial score (nSPS) is 27.5. The van der Waals surface area contributed by atoms with E-state index in [1.165, 1.54) is 14.2 Å². The molecule has 0 aromatic heterocycles. The van der Waals surface area contributed by atoms with E-state index < -0.39 is 29.9 Å². The van der Waals surface area contributed by atoms with E-state index in [1.54, 1.807) is 24.3 Å². The molecule has 0 amide bonds. The molecular weight excluding hydrogens is 312 g/mol. The maximum atomic E-state index is 12.2. The lowest BCUT2D eigenvalue weighted by Gasteiger charge is -2.16. The first-order valence-corrected chi connectivity index (χ1v) is 7.50. The number of nitrogens with zero attached hydrogens (tertiary/aromatic N) is 2. The van der Waals surface area contributed by atoms with Gasteiger partial charge in [-0.05, 0) is 24.1 Å². The van der Waals surface area contributed by atoms with Crippen molar-refractivity contribution in [3.05, 3.63) is 35.4 Å². The molecule has 1 aliphatic heterocycles. The Morgan fingerprint density at radius 2 is 1.79 bits per heavy atom. The van der Waals surface area contributed by atoms with E-state index in [0.717, 1.165) is 5.56 Å². The number of rotatable bonds is 3. The summed E-state index contributed by atoms with van der Waals surface area (Å²) < 4.78 is 9.70. The third-order valence-corrected chi connectivity index (χ3v) is 4.60. The molecule has 1 heterocycles. The number of hydrogen-bond acceptors (Lipinski definition) is 7. The van der Waals surface area contributed by atoms with E-state index in [1.807, 2.05) is 0 Å². The molecule has 7 heteroatoms. The van der Waals surface area contributed by atoms with Gasteiger partial charge < -0.3 is 14.3 Å². The van der Waals surface area contributed by atoms with Crippen molar-refractivity contribution >= 4 is 17.7 Å². The monoisotopic (exact) mass is 328 g/mol. The fourth-order valence-corrected chi connectivity index (χ4v) is 3.43. The maximum absolute atomic E-state index is 12.2. The molecule has 0 spiro atoms. The zero-order chi connectivity index (χ0) is 17.3. The Morgan fingerprint density at radius 3 is 2.38 bits per heavy atom. The number of nitriles is 1. The molecule has 0 unspecified atom stereocenters. The number of benzene rings is 1. The molecule has 0 bridgehead atoms. The molecule has 1 aromatic rings. The highest BCUT2D eigenvalue weighted by Gasteiger charge is 2.57. The summed E-state index contributed by atoms with van der Waals surface area (Å²) >= 11 is 0. The van der Waals surface area contributed by atoms with Gasteiger partial charge in [0.05, 0.1) is 49.3 Å². The van der Waals surface area contributed by atoms with Gasteiger partial charge >= 0.3 is 11.9 Å². The SMILES string of the molecule is COC(=O)[C@H]1C[C@@H](C(=O)OC)[C@H]2ON=C(c3ccc(C#N)cc3)[C@H]21. The molecule has 3 rings (SSSR count). The molecule has 1 aromatic carbocycles. The first-order chi connectivity index (χ1) is 11.6. The van der Waals surface area contributed by atoms with Crippen molar-refractivity contribution in [2.75, 3.05) is 14.2 Å². The number of esters is 2. The van der Waals surface area contributed by atoms with E-state index >= 15 is 0 Å². The molecule has 1 saturated carbocycles. The highest BCUT2D eigenvalue weighted by atomic mass is 16.6. The molecule has 24 heavy (non-hydrogen) atoms. The van der Waals surface area contributed by atoms with Crippen molar-refractivity contribution in [2.45, 2.75) is 12.5 Å². The number of hydrogen-bond donors (Lipinski definition) is 0. The summed E-state index contributed by atoms with van der Waals surface area (Å²) in [7, 11) is 2.62. The van der Waals surface area contributed by atoms with Crippen molar-refractivity contribution < 1.29 is 23.9 Å². The van der Waals surface area contributed by atoms with Crippen LogP contribution < -0.4 is 0 Å². The molecule has 0 saturated heterocycles. The highest BCUT2D eigenvalue weighted by molar-refractivity contribution is 6.05. The maximum Gasteiger partial charge on any atom is 0.312 e. The summed E-state index contributed by atoms with van der Waals surface area (Å²) in [6.45, 7) is 0. The smallest absolute Gasteiger partial charge is 0.312 e. The lowest BCUT2D eigenvalue weighted by molar-refractivity contribution is -0.149. The third kappa shape index (κ3) is 2.50. The topological polar surface area (TPSA) is 98.0 Å². The molecule has 1 fully saturated rings. The van der Waals surface area contributed by atoms with Crippen molar-refractivity contribution in [2.24, 2.45) is 22.9 Å². The largest absolute Gasteiger partial charge is 0.469 e. The highest BCUT2D eigenvalue weighted by Crippen LogP contribution is 2.45. The van der Waals surface area contributed by atoms with Crippen molar-refractivity contribution in [1.82, 2.24) is 0 Å². The molecule has 1 aliphatic carbocycles. The van der Waals surface area contributed by atoms with E-state index in [2.05, 4.69) is 11.2 Å². The molecule has 2 aliphatic rings. The van der Waals surface area contributed by atoms with Gasteiger partial charge in [0.2, 0.25) is 0 Å². The van der Waals surface area contributed by atoms with E-state index in [-0.39, 0.29) is 5.92 Å². The zero-order valence-electron chi connectivity index (χ0n) is 13.3. The minimum Gasteiger partial charge on any atom is -0.469 e. The first kappa shape index (κ1) is 16.0. The summed E-state index contributed by atoms with van der Waals surface area (Å²) in [4.78, 5) is 29.6. The number of oxime groups is 1. The lowest BCUT2D eigenvalue weighted by atomic mass is 9.86. The Bertz CT molecular complexity index is 734. The molecular formula is C17H16N2O5. The van der Waals surface area contributed by atoms with Crippen LogP contribution in [0, 0.1) is 29.1 Å². The van der Waals surface area contributed by atoms with E-state index in [9.17, 15) is 9.59 Å². The Balaban J connectivity index is 1.94. The van der Waals surface area contributed by atoms with Crippen LogP contribution in [0.4, 0.5) is 0 Å². The van der Waals surface area contributed by atoms with Gasteiger partial charge in [0.25, 0.3) is 0 Å². The summed E-state index contributed by atoms with van der Waals surface area (Å²) in [6.07, 6.45) is -0.253. The molecule has 4 atom stereocenters. The standard InChI is InChI=1S/C17H16N2O5/c1-22-16(20)11-7-12(17(21)23-2)15-13(11)14(19-24-15)10-5-3-9(8-18)4-6-10/h3-6,11-13,15H,7H2,1-2H3/t11-,12+,13+,15+/m0/s1. The van der Waals surface area contributed by atoms with Gasteiger partial charge in [0, 0.05) is 0 Å². The minimum atomic E-state index is -0.566. The Hall–Kier alpha value is -2.88. The summed E-state index contributed by atoms with van der Waals surface area (Å²) in [5.74, 6) is -2.30. The second-order valence-corrected chi connectivity index (χ2v) is 5.76. The zero-order valence-corrected chi connectivity index (χ0v) is 13.3. The van der Waals surface area contributed by atoms with Gasteiger partial charge in [-0.3, -0.25) is 9.59 Å². The van der Waals surface area contributed by atoms with Crippen LogP contribution in [0.5, 0.6) is 0 Å². The second kappa shape index (κ2) is 6.32.